The van der Waals surface area contributed by atoms with E-state index >= 15 is 0 Å². The van der Waals surface area contributed by atoms with E-state index < -0.39 is 22.4 Å². The lowest BCUT2D eigenvalue weighted by Crippen LogP contribution is -2.37. The third kappa shape index (κ3) is 3.55. The molecule has 8 nitrogen and oxygen atoms in total. The summed E-state index contributed by atoms with van der Waals surface area (Å²) >= 11 is 0. The van der Waals surface area contributed by atoms with E-state index in [2.05, 4.69) is 4.79 Å². The third-order valence-corrected chi connectivity index (χ3v) is 2.37. The minimum absolute atomic E-state index is 0.0394. The molecule has 0 saturated heterocycles. The molecule has 98 valence electrons. The summed E-state index contributed by atoms with van der Waals surface area (Å²) < 4.78 is 0. The Morgan fingerprint density at radius 2 is 1.95 bits per heavy atom. The molecule has 0 fully saturated rings. The van der Waals surface area contributed by atoms with Gasteiger partial charge in [-0.15, -0.1) is 0 Å². The van der Waals surface area contributed by atoms with Crippen molar-refractivity contribution in [3.8, 4) is 0 Å². The zero-order valence-corrected chi connectivity index (χ0v) is 9.61. The maximum Gasteiger partial charge on any atom is 0.380 e. The van der Waals surface area contributed by atoms with Crippen molar-refractivity contribution < 1.29 is 24.4 Å². The summed E-state index contributed by atoms with van der Waals surface area (Å²) in [5.74, 6) is -2.85. The number of nitro groups is 1. The van der Waals surface area contributed by atoms with Crippen molar-refractivity contribution in [1.29, 1.82) is 0 Å². The van der Waals surface area contributed by atoms with Gasteiger partial charge in [0.1, 0.15) is 0 Å². The number of carboxylic acids is 1. The standard InChI is InChI=1S/C11H9N3O5/c12-13-10(11(16)17)9(15)6-5-7-3-1-2-4-8(7)14(18)19/h1-4H,5-6H2,(H,16,17)/p-1. The lowest BCUT2D eigenvalue weighted by atomic mass is 10.0. The average Bonchev–Trinajstić information content (AvgIpc) is 2.37. The van der Waals surface area contributed by atoms with Crippen LogP contribution in [0.2, 0.25) is 0 Å². The number of ketones is 1. The van der Waals surface area contributed by atoms with Gasteiger partial charge in [0.15, 0.2) is 5.97 Å². The number of rotatable bonds is 6. The highest BCUT2D eigenvalue weighted by Gasteiger charge is 2.22. The number of hydrogen-bond donors (Lipinski definition) is 0. The Bertz CT molecular complexity index is 590. The highest BCUT2D eigenvalue weighted by Crippen LogP contribution is 2.19. The Kier molecular flexibility index (Phi) is 4.62. The molecule has 1 aromatic rings. The van der Waals surface area contributed by atoms with Gasteiger partial charge in [-0.3, -0.25) is 14.9 Å². The first-order valence-corrected chi connectivity index (χ1v) is 5.16. The molecule has 19 heavy (non-hydrogen) atoms. The molecular formula is C11H8N3O5-. The predicted octanol–water partition coefficient (Wildman–Crippen LogP) is -0.483. The number of aryl methyl sites for hydroxylation is 1. The van der Waals surface area contributed by atoms with E-state index in [9.17, 15) is 24.8 Å². The summed E-state index contributed by atoms with van der Waals surface area (Å²) in [5.41, 5.74) is 7.37. The van der Waals surface area contributed by atoms with Crippen molar-refractivity contribution in [1.82, 2.24) is 0 Å². The second-order valence-corrected chi connectivity index (χ2v) is 3.55. The molecule has 0 aliphatic rings. The van der Waals surface area contributed by atoms with Crippen LogP contribution in [0.3, 0.4) is 0 Å². The zero-order chi connectivity index (χ0) is 14.4. The van der Waals surface area contributed by atoms with Crippen LogP contribution in [0.25, 0.3) is 5.53 Å². The van der Waals surface area contributed by atoms with Crippen LogP contribution in [-0.4, -0.2) is 27.2 Å². The number of carbonyl (C=O) groups is 2. The number of nitrogens with zero attached hydrogens (tertiary/aromatic N) is 3. The summed E-state index contributed by atoms with van der Waals surface area (Å²) in [4.78, 5) is 34.3. The SMILES string of the molecule is [N-]=[N+]=C(C(=O)[O-])C(=O)CCc1ccccc1[N+](=O)[O-]. The van der Waals surface area contributed by atoms with Gasteiger partial charge >= 0.3 is 5.71 Å². The number of benzene rings is 1. The first kappa shape index (κ1) is 14.2. The fourth-order valence-corrected chi connectivity index (χ4v) is 1.48. The molecule has 8 heteroatoms. The largest absolute Gasteiger partial charge is 0.538 e. The van der Waals surface area contributed by atoms with E-state index in [1.807, 2.05) is 0 Å². The second kappa shape index (κ2) is 6.18. The number of hydrogen-bond acceptors (Lipinski definition) is 5. The lowest BCUT2D eigenvalue weighted by molar-refractivity contribution is -0.385. The summed E-state index contributed by atoms with van der Waals surface area (Å²) in [6, 6.07) is 5.78. The Balaban J connectivity index is 2.84. The first-order chi connectivity index (χ1) is 8.97. The normalized spacial score (nSPS) is 9.47. The van der Waals surface area contributed by atoms with E-state index in [0.717, 1.165) is 0 Å². The van der Waals surface area contributed by atoms with Crippen LogP contribution >= 0.6 is 0 Å². The highest BCUT2D eigenvalue weighted by molar-refractivity contribution is 6.61. The van der Waals surface area contributed by atoms with E-state index in [-0.39, 0.29) is 24.1 Å². The van der Waals surface area contributed by atoms with Crippen molar-refractivity contribution in [2.45, 2.75) is 12.8 Å². The average molecular weight is 262 g/mol. The van der Waals surface area contributed by atoms with Gasteiger partial charge in [0.25, 0.3) is 5.69 Å². The van der Waals surface area contributed by atoms with Crippen molar-refractivity contribution in [2.75, 3.05) is 0 Å². The molecule has 0 aliphatic heterocycles. The van der Waals surface area contributed by atoms with Crippen LogP contribution in [0, 0.1) is 10.1 Å². The third-order valence-electron chi connectivity index (χ3n) is 2.37. The molecule has 0 bridgehead atoms. The minimum atomic E-state index is -1.89. The van der Waals surface area contributed by atoms with Crippen molar-refractivity contribution in [3.63, 3.8) is 0 Å². The van der Waals surface area contributed by atoms with Crippen LogP contribution in [0.1, 0.15) is 12.0 Å². The topological polar surface area (TPSA) is 137 Å². The number of aliphatic carboxylic acids is 1. The maximum absolute atomic E-state index is 11.4. The number of para-hydroxylation sites is 1. The van der Waals surface area contributed by atoms with E-state index in [1.165, 1.54) is 18.2 Å². The Morgan fingerprint density at radius 3 is 2.47 bits per heavy atom. The molecule has 1 aromatic carbocycles. The van der Waals surface area contributed by atoms with Gasteiger partial charge in [0, 0.05) is 18.1 Å². The molecule has 1 rings (SSSR count). The van der Waals surface area contributed by atoms with Crippen LogP contribution < -0.4 is 5.11 Å². The number of nitro benzene ring substituents is 1. The maximum atomic E-state index is 11.4. The fourth-order valence-electron chi connectivity index (χ4n) is 1.48. The van der Waals surface area contributed by atoms with Gasteiger partial charge < -0.3 is 15.4 Å². The zero-order valence-electron chi connectivity index (χ0n) is 9.61. The molecule has 0 saturated carbocycles. The molecule has 0 N–H and O–H groups in total. The molecule has 0 radical (unpaired) electrons. The summed E-state index contributed by atoms with van der Waals surface area (Å²) in [6.07, 6.45) is -0.374. The van der Waals surface area contributed by atoms with Gasteiger partial charge in [-0.25, -0.2) is 0 Å². The summed E-state index contributed by atoms with van der Waals surface area (Å²) in [5, 5.41) is 21.1. The Labute approximate surface area is 107 Å². The van der Waals surface area contributed by atoms with Crippen LogP contribution in [0.5, 0.6) is 0 Å². The van der Waals surface area contributed by atoms with Gasteiger partial charge in [-0.05, 0) is 6.42 Å². The lowest BCUT2D eigenvalue weighted by Gasteiger charge is -2.01. The molecule has 0 aliphatic carbocycles. The molecular weight excluding hydrogens is 254 g/mol. The highest BCUT2D eigenvalue weighted by atomic mass is 16.6. The second-order valence-electron chi connectivity index (χ2n) is 3.55. The van der Waals surface area contributed by atoms with E-state index in [4.69, 9.17) is 5.53 Å². The molecule has 0 aromatic heterocycles. The van der Waals surface area contributed by atoms with Crippen LogP contribution in [0.4, 0.5) is 5.69 Å². The summed E-state index contributed by atoms with van der Waals surface area (Å²) in [7, 11) is 0. The van der Waals surface area contributed by atoms with E-state index in [0.29, 0.717) is 0 Å². The predicted molar refractivity (Wildman–Crippen MR) is 60.1 cm³/mol. The van der Waals surface area contributed by atoms with Crippen molar-refractivity contribution >= 4 is 23.2 Å². The van der Waals surface area contributed by atoms with Crippen molar-refractivity contribution in [2.24, 2.45) is 0 Å². The number of carbonyl (C=O) groups excluding carboxylic acids is 2. The van der Waals surface area contributed by atoms with Gasteiger partial charge in [0.05, 0.1) is 4.92 Å². The molecule has 0 atom stereocenters. The number of Topliss-reactive ketones (excluding diaryl/α,β-unsaturated/α-hetero) is 1. The van der Waals surface area contributed by atoms with Gasteiger partial charge in [-0.2, -0.15) is 4.79 Å². The molecule has 0 heterocycles. The Hall–Kier alpha value is -2.86. The monoisotopic (exact) mass is 262 g/mol. The minimum Gasteiger partial charge on any atom is -0.538 e. The van der Waals surface area contributed by atoms with Gasteiger partial charge in [0.2, 0.25) is 5.78 Å². The van der Waals surface area contributed by atoms with Gasteiger partial charge in [-0.1, -0.05) is 18.2 Å². The summed E-state index contributed by atoms with van der Waals surface area (Å²) in [6.45, 7) is 0. The van der Waals surface area contributed by atoms with Crippen LogP contribution in [0.15, 0.2) is 24.3 Å². The first-order valence-electron chi connectivity index (χ1n) is 5.16. The Morgan fingerprint density at radius 1 is 1.32 bits per heavy atom. The number of carboxylic acid groups (broad SMARTS) is 1. The smallest absolute Gasteiger partial charge is 0.380 e. The van der Waals surface area contributed by atoms with Crippen molar-refractivity contribution in [3.05, 3.63) is 45.5 Å². The molecule has 0 unspecified atom stereocenters. The molecule has 0 spiro atoms. The quantitative estimate of drug-likeness (QED) is 0.170. The molecule has 0 amide bonds. The fraction of sp³-hybridized carbons (Fsp3) is 0.182. The van der Waals surface area contributed by atoms with E-state index in [1.54, 1.807) is 6.07 Å². The van der Waals surface area contributed by atoms with Crippen LogP contribution in [-0.2, 0) is 16.0 Å².